The molecule has 1 aliphatic rings. The van der Waals surface area contributed by atoms with Crippen LogP contribution in [0.4, 0.5) is 0 Å². The number of likely N-dealkylation sites (N-methyl/N-ethyl adjacent to an activating group) is 1. The van der Waals surface area contributed by atoms with E-state index >= 15 is 0 Å². The Balaban J connectivity index is 1.81. The molecule has 0 unspecified atom stereocenters. The van der Waals surface area contributed by atoms with Crippen molar-refractivity contribution in [3.05, 3.63) is 81.4 Å². The van der Waals surface area contributed by atoms with E-state index in [-0.39, 0.29) is 82.9 Å². The number of nitrogens with zero attached hydrogens (tertiary/aromatic N) is 2. The first kappa shape index (κ1) is 51.2. The van der Waals surface area contributed by atoms with E-state index < -0.39 is 41.5 Å². The summed E-state index contributed by atoms with van der Waals surface area (Å²) < 4.78 is 12.3. The van der Waals surface area contributed by atoms with Gasteiger partial charge in [0.1, 0.15) is 30.8 Å². The van der Waals surface area contributed by atoms with Crippen LogP contribution in [0.5, 0.6) is 11.5 Å². The van der Waals surface area contributed by atoms with Crippen LogP contribution in [0, 0.1) is 43.9 Å². The highest BCUT2D eigenvalue weighted by Gasteiger charge is 2.36. The highest BCUT2D eigenvalue weighted by molar-refractivity contribution is 6.01. The Hall–Kier alpha value is -5.42. The van der Waals surface area contributed by atoms with Gasteiger partial charge in [-0.1, -0.05) is 51.7 Å². The molecule has 3 aromatic carbocycles. The molecule has 0 saturated heterocycles. The maximum atomic E-state index is 14.8. The molecule has 0 spiro atoms. The van der Waals surface area contributed by atoms with Crippen LogP contribution in [0.3, 0.4) is 0 Å². The molecule has 0 aromatic heterocycles. The molecule has 0 radical (unpaired) electrons. The summed E-state index contributed by atoms with van der Waals surface area (Å²) in [6, 6.07) is 12.4. The quantitative estimate of drug-likeness (QED) is 0.0613. The Labute approximate surface area is 379 Å². The minimum Gasteiger partial charge on any atom is -0.492 e. The fourth-order valence-corrected chi connectivity index (χ4v) is 8.69. The first-order valence-corrected chi connectivity index (χ1v) is 23.0. The minimum absolute atomic E-state index is 0.0196. The van der Waals surface area contributed by atoms with Gasteiger partial charge in [0.2, 0.25) is 11.8 Å². The fraction of sp³-hybridized carbons (Fsp3) is 0.529. The molecule has 4 rings (SSSR count). The molecular weight excluding hydrogens is 809 g/mol. The normalized spacial score (nSPS) is 16.8. The predicted octanol–water partition coefficient (Wildman–Crippen LogP) is 6.71. The molecule has 2 amide bonds. The van der Waals surface area contributed by atoms with E-state index in [1.54, 1.807) is 44.3 Å². The topological polar surface area (TPSA) is 221 Å². The van der Waals surface area contributed by atoms with Crippen molar-refractivity contribution in [1.82, 2.24) is 10.2 Å². The summed E-state index contributed by atoms with van der Waals surface area (Å²) in [6.45, 7) is 10.8. The molecule has 7 N–H and O–H groups in total. The number of carbonyl (C=O) groups excluding carboxylic acids is 5. The van der Waals surface area contributed by atoms with Gasteiger partial charge in [-0.25, -0.2) is 0 Å². The van der Waals surface area contributed by atoms with Crippen molar-refractivity contribution in [2.45, 2.75) is 124 Å². The van der Waals surface area contributed by atoms with Crippen molar-refractivity contribution in [2.75, 3.05) is 39.9 Å². The number of ketones is 3. The van der Waals surface area contributed by atoms with Crippen molar-refractivity contribution < 1.29 is 33.4 Å². The number of nitrogens with two attached hydrogens (primary N) is 3. The molecule has 1 aliphatic heterocycles. The van der Waals surface area contributed by atoms with E-state index in [4.69, 9.17) is 26.7 Å². The molecule has 1 heterocycles. The second kappa shape index (κ2) is 25.2. The van der Waals surface area contributed by atoms with Gasteiger partial charge in [-0.15, -0.1) is 0 Å². The Morgan fingerprint density at radius 3 is 2.17 bits per heavy atom. The Morgan fingerprint density at radius 2 is 1.53 bits per heavy atom. The number of fused-ring (bicyclic) bond motifs is 5. The van der Waals surface area contributed by atoms with E-state index in [2.05, 4.69) is 19.2 Å². The highest BCUT2D eigenvalue weighted by atomic mass is 16.5. The summed E-state index contributed by atoms with van der Waals surface area (Å²) >= 11 is 0. The maximum Gasteiger partial charge on any atom is 0.226 e. The summed E-state index contributed by atoms with van der Waals surface area (Å²) in [5.41, 5.74) is 25.0. The number of nitrogens with one attached hydrogen (secondary N) is 1. The minimum atomic E-state index is -1.20. The average molecular weight is 879 g/mol. The zero-order chi connectivity index (χ0) is 46.9. The molecule has 3 aromatic rings. The van der Waals surface area contributed by atoms with Crippen LogP contribution in [0.1, 0.15) is 128 Å². The largest absolute Gasteiger partial charge is 0.492 e. The van der Waals surface area contributed by atoms with Gasteiger partial charge in [0, 0.05) is 74.3 Å². The van der Waals surface area contributed by atoms with Crippen molar-refractivity contribution in [1.29, 1.82) is 5.26 Å². The Bertz CT molecular complexity index is 2160. The first-order valence-electron chi connectivity index (χ1n) is 23.0. The lowest BCUT2D eigenvalue weighted by Crippen LogP contribution is -2.46. The monoisotopic (exact) mass is 879 g/mol. The second-order valence-electron chi connectivity index (χ2n) is 17.2. The maximum absolute atomic E-state index is 14.8. The molecule has 0 aliphatic carbocycles. The zero-order valence-electron chi connectivity index (χ0n) is 38.9. The molecule has 13 heteroatoms. The predicted molar refractivity (Wildman–Crippen MR) is 250 cm³/mol. The lowest BCUT2D eigenvalue weighted by molar-refractivity contribution is -0.142. The number of nitriles is 1. The zero-order valence-corrected chi connectivity index (χ0v) is 38.9. The lowest BCUT2D eigenvalue weighted by Gasteiger charge is -2.32. The number of unbranched alkanes of at least 4 members (excludes halogenated alkanes) is 4. The number of rotatable bonds is 22. The summed E-state index contributed by atoms with van der Waals surface area (Å²) in [4.78, 5) is 72.5. The van der Waals surface area contributed by atoms with Gasteiger partial charge in [0.15, 0.2) is 17.3 Å². The van der Waals surface area contributed by atoms with Crippen LogP contribution in [0.25, 0.3) is 11.1 Å². The summed E-state index contributed by atoms with van der Waals surface area (Å²) in [5.74, 6) is -2.72. The summed E-state index contributed by atoms with van der Waals surface area (Å²) in [6.07, 6.45) is 6.66. The van der Waals surface area contributed by atoms with Crippen molar-refractivity contribution in [3.63, 3.8) is 0 Å². The smallest absolute Gasteiger partial charge is 0.226 e. The second-order valence-corrected chi connectivity index (χ2v) is 17.2. The number of carbonyl (C=O) groups is 5. The van der Waals surface area contributed by atoms with Gasteiger partial charge in [0.05, 0.1) is 12.1 Å². The number of benzene rings is 3. The lowest BCUT2D eigenvalue weighted by atomic mass is 9.85. The van der Waals surface area contributed by atoms with Crippen LogP contribution >= 0.6 is 0 Å². The van der Waals surface area contributed by atoms with Crippen molar-refractivity contribution in [2.24, 2.45) is 29.0 Å². The molecule has 0 fully saturated rings. The standard InChI is InChI=1S/C51H70N6O7/c1-7-8-9-10-11-13-39-32(2)26-40(35(5)34(39)4)45(59)31-38(19-21-53)51(62)57(6)49-37-16-18-48(64-25-23-55)42(30-37)41-28-36(15-17-47(41)63-24-22-54)29-43(44(58)14-12-20-52)56-50(61)33(3)27-46(49)60/h15-18,26,28,30,33,38,43,49H,7-14,19,21-25,27,29,31,53-55H2,1-6H3,(H,56,61)/t33-,38-,43+,49+/m1/s1. The van der Waals surface area contributed by atoms with E-state index in [0.29, 0.717) is 39.3 Å². The SMILES string of the molecule is CCCCCCCc1c(C)cc(C(=O)C[C@@H](CCN)C(=O)N(C)[C@@H]2C(=O)C[C@@H](C)C(=O)N[C@H](C(=O)CCC#N)Cc3ccc(OCCN)c(c3)-c3cc2ccc3OCCN)c(C)c1C. The summed E-state index contributed by atoms with van der Waals surface area (Å²) in [5, 5.41) is 12.1. The van der Waals surface area contributed by atoms with Crippen LogP contribution in [-0.4, -0.2) is 80.0 Å². The fourth-order valence-electron chi connectivity index (χ4n) is 8.69. The molecule has 64 heavy (non-hydrogen) atoms. The number of ether oxygens (including phenoxy) is 2. The van der Waals surface area contributed by atoms with E-state index in [1.165, 1.54) is 29.7 Å². The molecular formula is C51H70N6O7. The van der Waals surface area contributed by atoms with Gasteiger partial charge < -0.3 is 36.9 Å². The van der Waals surface area contributed by atoms with Crippen molar-refractivity contribution >= 4 is 29.2 Å². The molecule has 13 nitrogen and oxygen atoms in total. The van der Waals surface area contributed by atoms with Gasteiger partial charge in [-0.05, 0) is 117 Å². The van der Waals surface area contributed by atoms with Crippen LogP contribution < -0.4 is 32.0 Å². The van der Waals surface area contributed by atoms with Crippen LogP contribution in [0.15, 0.2) is 42.5 Å². The van der Waals surface area contributed by atoms with E-state index in [9.17, 15) is 29.2 Å². The van der Waals surface area contributed by atoms with Crippen LogP contribution in [-0.2, 0) is 32.0 Å². The van der Waals surface area contributed by atoms with Gasteiger partial charge in [0.25, 0.3) is 0 Å². The van der Waals surface area contributed by atoms with Crippen molar-refractivity contribution in [3.8, 4) is 28.7 Å². The molecule has 4 bridgehead atoms. The van der Waals surface area contributed by atoms with Gasteiger partial charge in [-0.3, -0.25) is 24.0 Å². The first-order chi connectivity index (χ1) is 30.7. The Kier molecular flexibility index (Phi) is 20.1. The van der Waals surface area contributed by atoms with Crippen LogP contribution in [0.2, 0.25) is 0 Å². The number of Topliss-reactive ketones (excluding diaryl/α,β-unsaturated/α-hetero) is 3. The highest BCUT2D eigenvalue weighted by Crippen LogP contribution is 2.41. The van der Waals surface area contributed by atoms with E-state index in [0.717, 1.165) is 36.0 Å². The molecule has 0 saturated carbocycles. The average Bonchev–Trinajstić information content (AvgIpc) is 3.28. The number of hydrogen-bond donors (Lipinski definition) is 4. The molecule has 4 atom stereocenters. The van der Waals surface area contributed by atoms with Gasteiger partial charge in [-0.2, -0.15) is 5.26 Å². The third-order valence-corrected chi connectivity index (χ3v) is 12.4. The number of amides is 2. The summed E-state index contributed by atoms with van der Waals surface area (Å²) in [7, 11) is 1.54. The third kappa shape index (κ3) is 13.3. The third-order valence-electron chi connectivity index (χ3n) is 12.4. The van der Waals surface area contributed by atoms with Gasteiger partial charge >= 0.3 is 0 Å². The molecule has 346 valence electrons. The van der Waals surface area contributed by atoms with E-state index in [1.807, 2.05) is 32.0 Å². The number of hydrogen-bond acceptors (Lipinski definition) is 11. The number of aryl methyl sites for hydroxylation is 1. The Morgan fingerprint density at radius 1 is 0.875 bits per heavy atom.